The van der Waals surface area contributed by atoms with E-state index in [1.54, 1.807) is 0 Å². The average Bonchev–Trinajstić information content (AvgIpc) is 3.60. The fourth-order valence-corrected chi connectivity index (χ4v) is 9.63. The minimum Gasteiger partial charge on any atom is -0.311 e. The summed E-state index contributed by atoms with van der Waals surface area (Å²) in [5, 5.41) is 2.45. The van der Waals surface area contributed by atoms with Crippen LogP contribution in [-0.2, 0) is 5.41 Å². The second-order valence-electron chi connectivity index (χ2n) is 17.4. The van der Waals surface area contributed by atoms with E-state index in [4.69, 9.17) is 0 Å². The van der Waals surface area contributed by atoms with Gasteiger partial charge >= 0.3 is 0 Å². The van der Waals surface area contributed by atoms with Crippen LogP contribution in [0.2, 0.25) is 0 Å². The highest BCUT2D eigenvalue weighted by molar-refractivity contribution is 5.99. The molecule has 0 aliphatic heterocycles. The lowest BCUT2D eigenvalue weighted by Crippen LogP contribution is -2.16. The van der Waals surface area contributed by atoms with Crippen LogP contribution in [0.3, 0.4) is 0 Å². The third-order valence-electron chi connectivity index (χ3n) is 13.1. The zero-order valence-corrected chi connectivity index (χ0v) is 36.6. The van der Waals surface area contributed by atoms with Crippen LogP contribution in [-0.4, -0.2) is 0 Å². The van der Waals surface area contributed by atoms with Gasteiger partial charge in [0.25, 0.3) is 0 Å². The van der Waals surface area contributed by atoms with Crippen LogP contribution in [0.4, 0.5) is 34.1 Å². The molecular formula is C63H48N2. The summed E-state index contributed by atoms with van der Waals surface area (Å²) >= 11 is 0. The molecule has 0 atom stereocenters. The van der Waals surface area contributed by atoms with Crippen molar-refractivity contribution in [3.8, 4) is 33.4 Å². The Morgan fingerprint density at radius 1 is 0.323 bits per heavy atom. The van der Waals surface area contributed by atoms with Gasteiger partial charge in [-0.05, 0) is 128 Å². The van der Waals surface area contributed by atoms with E-state index >= 15 is 0 Å². The Morgan fingerprint density at radius 3 is 1.34 bits per heavy atom. The third kappa shape index (κ3) is 7.60. The summed E-state index contributed by atoms with van der Waals surface area (Å²) < 4.78 is 0. The van der Waals surface area contributed by atoms with Gasteiger partial charge in [0.15, 0.2) is 0 Å². The number of benzene rings is 10. The highest BCUT2D eigenvalue weighted by Gasteiger charge is 2.35. The van der Waals surface area contributed by atoms with E-state index in [1.165, 1.54) is 61.0 Å². The van der Waals surface area contributed by atoms with Crippen molar-refractivity contribution in [2.75, 3.05) is 9.80 Å². The van der Waals surface area contributed by atoms with Gasteiger partial charge in [-0.3, -0.25) is 0 Å². The van der Waals surface area contributed by atoms with Gasteiger partial charge in [-0.15, -0.1) is 0 Å². The van der Waals surface area contributed by atoms with Gasteiger partial charge in [-0.1, -0.05) is 202 Å². The number of fused-ring (bicyclic) bond motifs is 4. The molecule has 0 heterocycles. The fourth-order valence-electron chi connectivity index (χ4n) is 9.63. The number of nitrogens with zero attached hydrogens (tertiary/aromatic N) is 2. The molecule has 0 amide bonds. The Labute approximate surface area is 382 Å². The molecule has 2 nitrogen and oxygen atoms in total. The van der Waals surface area contributed by atoms with E-state index in [0.29, 0.717) is 0 Å². The summed E-state index contributed by atoms with van der Waals surface area (Å²) in [6.45, 7) is 4.70. The highest BCUT2D eigenvalue weighted by Crippen LogP contribution is 2.51. The van der Waals surface area contributed by atoms with Gasteiger partial charge in [-0.25, -0.2) is 0 Å². The normalized spacial score (nSPS) is 12.5. The van der Waals surface area contributed by atoms with Gasteiger partial charge in [-0.2, -0.15) is 0 Å². The van der Waals surface area contributed by atoms with Gasteiger partial charge in [0.1, 0.15) is 0 Å². The van der Waals surface area contributed by atoms with Crippen molar-refractivity contribution in [3.05, 3.63) is 265 Å². The minimum atomic E-state index is -0.0913. The number of hydrogen-bond donors (Lipinski definition) is 0. The molecule has 0 fully saturated rings. The summed E-state index contributed by atoms with van der Waals surface area (Å²) in [6.07, 6.45) is 4.38. The van der Waals surface area contributed by atoms with Crippen LogP contribution in [0.15, 0.2) is 243 Å². The molecule has 310 valence electrons. The average molecular weight is 833 g/mol. The summed E-state index contributed by atoms with van der Waals surface area (Å²) in [6, 6.07) is 87.8. The lowest BCUT2D eigenvalue weighted by molar-refractivity contribution is 0.660. The molecule has 0 radical (unpaired) electrons. The molecule has 10 aromatic carbocycles. The molecule has 1 aliphatic rings. The standard InChI is InChI=1S/C63H48N2/c1-63(2)60-22-12-11-21-58(60)59-43-42-56(44-61(59)63)65(62-23-13-15-51-14-9-10-20-57(51)62)55-40-36-50(37-41-55)48-32-28-46(29-33-48)25-24-45-26-30-47(31-27-45)49-34-38-54(39-35-49)64(52-16-5-3-6-17-52)53-18-7-4-8-19-53/h3-44H,1-2H3/b25-24+. The molecule has 0 saturated carbocycles. The monoisotopic (exact) mass is 832 g/mol. The number of hydrogen-bond acceptors (Lipinski definition) is 2. The van der Waals surface area contributed by atoms with Gasteiger partial charge in [0.2, 0.25) is 0 Å². The largest absolute Gasteiger partial charge is 0.311 e. The van der Waals surface area contributed by atoms with Crippen molar-refractivity contribution < 1.29 is 0 Å². The Hall–Kier alpha value is -8.20. The van der Waals surface area contributed by atoms with Crippen LogP contribution in [0.1, 0.15) is 36.1 Å². The van der Waals surface area contributed by atoms with Crippen molar-refractivity contribution in [2.24, 2.45) is 0 Å². The molecule has 0 saturated heterocycles. The lowest BCUT2D eigenvalue weighted by Gasteiger charge is -2.29. The maximum Gasteiger partial charge on any atom is 0.0540 e. The smallest absolute Gasteiger partial charge is 0.0540 e. The molecule has 2 heteroatoms. The molecule has 11 rings (SSSR count). The Morgan fingerprint density at radius 2 is 0.754 bits per heavy atom. The van der Waals surface area contributed by atoms with Crippen molar-refractivity contribution >= 4 is 57.0 Å². The first kappa shape index (κ1) is 39.6. The van der Waals surface area contributed by atoms with E-state index in [-0.39, 0.29) is 5.41 Å². The summed E-state index contributed by atoms with van der Waals surface area (Å²) in [5.74, 6) is 0. The van der Waals surface area contributed by atoms with E-state index < -0.39 is 0 Å². The Balaban J connectivity index is 0.814. The van der Waals surface area contributed by atoms with Crippen LogP contribution < -0.4 is 9.80 Å². The molecule has 1 aliphatic carbocycles. The zero-order chi connectivity index (χ0) is 43.7. The van der Waals surface area contributed by atoms with Gasteiger partial charge in [0, 0.05) is 39.2 Å². The zero-order valence-electron chi connectivity index (χ0n) is 36.6. The fraction of sp³-hybridized carbons (Fsp3) is 0.0476. The van der Waals surface area contributed by atoms with Crippen LogP contribution in [0, 0.1) is 0 Å². The summed E-state index contributed by atoms with van der Waals surface area (Å²) in [4.78, 5) is 4.71. The maximum atomic E-state index is 2.42. The van der Waals surface area contributed by atoms with Crippen molar-refractivity contribution in [3.63, 3.8) is 0 Å². The number of anilines is 6. The molecular weight excluding hydrogens is 785 g/mol. The summed E-state index contributed by atoms with van der Waals surface area (Å²) in [5.41, 5.74) is 19.2. The topological polar surface area (TPSA) is 6.48 Å². The molecule has 0 spiro atoms. The molecule has 0 bridgehead atoms. The first-order chi connectivity index (χ1) is 32.0. The summed E-state index contributed by atoms with van der Waals surface area (Å²) in [7, 11) is 0. The molecule has 65 heavy (non-hydrogen) atoms. The minimum absolute atomic E-state index is 0.0913. The van der Waals surface area contributed by atoms with E-state index in [9.17, 15) is 0 Å². The van der Waals surface area contributed by atoms with Crippen LogP contribution in [0.5, 0.6) is 0 Å². The Bertz CT molecular complexity index is 3250. The van der Waals surface area contributed by atoms with Crippen molar-refractivity contribution in [1.82, 2.24) is 0 Å². The molecule has 0 unspecified atom stereocenters. The predicted octanol–water partition coefficient (Wildman–Crippen LogP) is 17.6. The predicted molar refractivity (Wildman–Crippen MR) is 277 cm³/mol. The number of rotatable bonds is 10. The SMILES string of the molecule is CC1(C)c2ccccc2-c2ccc(N(c3ccc(-c4ccc(/C=C/c5ccc(-c6ccc(N(c7ccccc7)c7ccccc7)cc6)cc5)cc4)cc3)c3cccc4ccccc34)cc21. The van der Waals surface area contributed by atoms with E-state index in [1.807, 2.05) is 0 Å². The van der Waals surface area contributed by atoms with E-state index in [2.05, 4.69) is 278 Å². The highest BCUT2D eigenvalue weighted by atomic mass is 15.1. The quantitative estimate of drug-likeness (QED) is 0.127. The molecule has 0 aromatic heterocycles. The van der Waals surface area contributed by atoms with Crippen molar-refractivity contribution in [2.45, 2.75) is 19.3 Å². The van der Waals surface area contributed by atoms with Gasteiger partial charge in [0.05, 0.1) is 5.69 Å². The van der Waals surface area contributed by atoms with Crippen LogP contribution >= 0.6 is 0 Å². The Kier molecular flexibility index (Phi) is 10.3. The molecule has 0 N–H and O–H groups in total. The van der Waals surface area contributed by atoms with Crippen LogP contribution in [0.25, 0.3) is 56.3 Å². The van der Waals surface area contributed by atoms with Crippen molar-refractivity contribution in [1.29, 1.82) is 0 Å². The second kappa shape index (κ2) is 16.8. The molecule has 10 aromatic rings. The maximum absolute atomic E-state index is 2.42. The lowest BCUT2D eigenvalue weighted by atomic mass is 9.82. The third-order valence-corrected chi connectivity index (χ3v) is 13.1. The van der Waals surface area contributed by atoms with Gasteiger partial charge < -0.3 is 9.80 Å². The number of para-hydroxylation sites is 2. The first-order valence-corrected chi connectivity index (χ1v) is 22.5. The second-order valence-corrected chi connectivity index (χ2v) is 17.4. The first-order valence-electron chi connectivity index (χ1n) is 22.5. The van der Waals surface area contributed by atoms with E-state index in [0.717, 1.165) is 39.6 Å².